The quantitative estimate of drug-likeness (QED) is 0.728. The van der Waals surface area contributed by atoms with Gasteiger partial charge in [0.25, 0.3) is 0 Å². The van der Waals surface area contributed by atoms with Crippen LogP contribution in [0.15, 0.2) is 42.6 Å². The SMILES string of the molecule is Cc1ccc(NC(=O)Cc2c[nH]c3ccc(Cl)cc23)c(C)c1. The maximum Gasteiger partial charge on any atom is 0.228 e. The Kier molecular flexibility index (Phi) is 3.90. The molecule has 1 amide bonds. The van der Waals surface area contributed by atoms with Gasteiger partial charge in [-0.15, -0.1) is 0 Å². The van der Waals surface area contributed by atoms with Gasteiger partial charge >= 0.3 is 0 Å². The van der Waals surface area contributed by atoms with Gasteiger partial charge in [-0.05, 0) is 49.2 Å². The molecule has 0 spiro atoms. The summed E-state index contributed by atoms with van der Waals surface area (Å²) in [5.74, 6) is -0.0344. The number of aromatic amines is 1. The molecule has 1 heterocycles. The number of aromatic nitrogens is 1. The summed E-state index contributed by atoms with van der Waals surface area (Å²) in [4.78, 5) is 15.5. The first-order chi connectivity index (χ1) is 10.5. The molecular formula is C18H17ClN2O. The lowest BCUT2D eigenvalue weighted by atomic mass is 10.1. The summed E-state index contributed by atoms with van der Waals surface area (Å²) < 4.78 is 0. The van der Waals surface area contributed by atoms with Gasteiger partial charge < -0.3 is 10.3 Å². The number of benzene rings is 2. The zero-order valence-electron chi connectivity index (χ0n) is 12.5. The lowest BCUT2D eigenvalue weighted by molar-refractivity contribution is -0.115. The zero-order valence-corrected chi connectivity index (χ0v) is 13.3. The molecule has 4 heteroatoms. The molecule has 22 heavy (non-hydrogen) atoms. The van der Waals surface area contributed by atoms with Gasteiger partial charge in [0, 0.05) is 27.8 Å². The van der Waals surface area contributed by atoms with Gasteiger partial charge in [-0.3, -0.25) is 4.79 Å². The number of fused-ring (bicyclic) bond motifs is 1. The Labute approximate surface area is 134 Å². The van der Waals surface area contributed by atoms with Crippen molar-refractivity contribution in [3.63, 3.8) is 0 Å². The molecule has 0 saturated heterocycles. The third-order valence-electron chi connectivity index (χ3n) is 3.74. The predicted molar refractivity (Wildman–Crippen MR) is 91.6 cm³/mol. The number of aryl methyl sites for hydroxylation is 2. The highest BCUT2D eigenvalue weighted by Gasteiger charge is 2.10. The van der Waals surface area contributed by atoms with E-state index in [9.17, 15) is 4.79 Å². The normalized spacial score (nSPS) is 10.9. The van der Waals surface area contributed by atoms with E-state index in [2.05, 4.69) is 16.4 Å². The fourth-order valence-electron chi connectivity index (χ4n) is 2.62. The fraction of sp³-hybridized carbons (Fsp3) is 0.167. The maximum absolute atomic E-state index is 12.3. The number of carbonyl (C=O) groups is 1. The van der Waals surface area contributed by atoms with Crippen LogP contribution in [-0.4, -0.2) is 10.9 Å². The largest absolute Gasteiger partial charge is 0.361 e. The summed E-state index contributed by atoms with van der Waals surface area (Å²) in [6.45, 7) is 4.03. The number of hydrogen-bond acceptors (Lipinski definition) is 1. The monoisotopic (exact) mass is 312 g/mol. The minimum absolute atomic E-state index is 0.0344. The number of rotatable bonds is 3. The number of halogens is 1. The average molecular weight is 313 g/mol. The van der Waals surface area contributed by atoms with E-state index in [1.165, 1.54) is 5.56 Å². The molecule has 2 N–H and O–H groups in total. The van der Waals surface area contributed by atoms with E-state index in [4.69, 9.17) is 11.6 Å². The van der Waals surface area contributed by atoms with Crippen LogP contribution in [0.25, 0.3) is 10.9 Å². The third-order valence-corrected chi connectivity index (χ3v) is 3.97. The minimum atomic E-state index is -0.0344. The van der Waals surface area contributed by atoms with Gasteiger partial charge in [-0.1, -0.05) is 29.3 Å². The molecule has 0 atom stereocenters. The van der Waals surface area contributed by atoms with E-state index in [1.54, 1.807) is 0 Å². The van der Waals surface area contributed by atoms with Gasteiger partial charge in [0.15, 0.2) is 0 Å². The summed E-state index contributed by atoms with van der Waals surface area (Å²) in [5, 5.41) is 4.63. The summed E-state index contributed by atoms with van der Waals surface area (Å²) in [5.41, 5.74) is 5.03. The first kappa shape index (κ1) is 14.7. The van der Waals surface area contributed by atoms with Gasteiger partial charge in [0.1, 0.15) is 0 Å². The van der Waals surface area contributed by atoms with Crippen molar-refractivity contribution in [1.29, 1.82) is 0 Å². The summed E-state index contributed by atoms with van der Waals surface area (Å²) in [6.07, 6.45) is 2.18. The molecule has 3 nitrogen and oxygen atoms in total. The molecule has 3 aromatic rings. The first-order valence-electron chi connectivity index (χ1n) is 7.15. The molecule has 112 valence electrons. The zero-order chi connectivity index (χ0) is 15.7. The van der Waals surface area contributed by atoms with E-state index < -0.39 is 0 Å². The number of carbonyl (C=O) groups excluding carboxylic acids is 1. The molecule has 0 fully saturated rings. The second-order valence-electron chi connectivity index (χ2n) is 5.55. The van der Waals surface area contributed by atoms with Crippen LogP contribution in [0, 0.1) is 13.8 Å². The van der Waals surface area contributed by atoms with Crippen LogP contribution in [0.4, 0.5) is 5.69 Å². The third kappa shape index (κ3) is 3.00. The second kappa shape index (κ2) is 5.85. The van der Waals surface area contributed by atoms with Crippen LogP contribution in [-0.2, 0) is 11.2 Å². The van der Waals surface area contributed by atoms with E-state index in [-0.39, 0.29) is 5.91 Å². The predicted octanol–water partition coefficient (Wildman–Crippen LogP) is 4.62. The Morgan fingerprint density at radius 1 is 1.18 bits per heavy atom. The molecule has 0 radical (unpaired) electrons. The van der Waals surface area contributed by atoms with E-state index in [0.29, 0.717) is 11.4 Å². The molecule has 1 aromatic heterocycles. The van der Waals surface area contributed by atoms with Crippen LogP contribution >= 0.6 is 11.6 Å². The molecule has 0 saturated carbocycles. The highest BCUT2D eigenvalue weighted by molar-refractivity contribution is 6.31. The molecule has 0 aliphatic carbocycles. The average Bonchev–Trinajstić information content (AvgIpc) is 2.84. The number of amides is 1. The van der Waals surface area contributed by atoms with Gasteiger partial charge in [-0.2, -0.15) is 0 Å². The Bertz CT molecular complexity index is 851. The van der Waals surface area contributed by atoms with Crippen LogP contribution in [0.1, 0.15) is 16.7 Å². The number of anilines is 1. The number of hydrogen-bond donors (Lipinski definition) is 2. The van der Waals surface area contributed by atoms with Gasteiger partial charge in [0.2, 0.25) is 5.91 Å². The van der Waals surface area contributed by atoms with Crippen molar-refractivity contribution < 1.29 is 4.79 Å². The number of H-pyrrole nitrogens is 1. The highest BCUT2D eigenvalue weighted by atomic mass is 35.5. The fourth-order valence-corrected chi connectivity index (χ4v) is 2.79. The van der Waals surface area contributed by atoms with Crippen LogP contribution < -0.4 is 5.32 Å². The Hall–Kier alpha value is -2.26. The molecule has 0 aliphatic heterocycles. The van der Waals surface area contributed by atoms with Crippen molar-refractivity contribution in [3.05, 3.63) is 64.3 Å². The summed E-state index contributed by atoms with van der Waals surface area (Å²) >= 11 is 6.04. The van der Waals surface area contributed by atoms with E-state index in [1.807, 2.05) is 50.4 Å². The minimum Gasteiger partial charge on any atom is -0.361 e. The number of nitrogens with one attached hydrogen (secondary N) is 2. The molecular weight excluding hydrogens is 296 g/mol. The van der Waals surface area contributed by atoms with Crippen molar-refractivity contribution >= 4 is 34.1 Å². The lowest BCUT2D eigenvalue weighted by Crippen LogP contribution is -2.15. The van der Waals surface area contributed by atoms with Gasteiger partial charge in [-0.25, -0.2) is 0 Å². The van der Waals surface area contributed by atoms with Crippen molar-refractivity contribution in [3.8, 4) is 0 Å². The van der Waals surface area contributed by atoms with E-state index in [0.717, 1.165) is 27.7 Å². The van der Waals surface area contributed by atoms with E-state index >= 15 is 0 Å². The summed E-state index contributed by atoms with van der Waals surface area (Å²) in [6, 6.07) is 11.6. The first-order valence-corrected chi connectivity index (χ1v) is 7.53. The molecule has 2 aromatic carbocycles. The van der Waals surface area contributed by atoms with Crippen LogP contribution in [0.3, 0.4) is 0 Å². The maximum atomic E-state index is 12.3. The topological polar surface area (TPSA) is 44.9 Å². The Balaban J connectivity index is 1.79. The van der Waals surface area contributed by atoms with Crippen LogP contribution in [0.5, 0.6) is 0 Å². The van der Waals surface area contributed by atoms with Crippen molar-refractivity contribution in [1.82, 2.24) is 4.98 Å². The summed E-state index contributed by atoms with van der Waals surface area (Å²) in [7, 11) is 0. The van der Waals surface area contributed by atoms with Crippen molar-refractivity contribution in [2.75, 3.05) is 5.32 Å². The Morgan fingerprint density at radius 3 is 2.77 bits per heavy atom. The molecule has 0 bridgehead atoms. The standard InChI is InChI=1S/C18H17ClN2O/c1-11-3-5-16(12(2)7-11)21-18(22)8-13-10-20-17-6-4-14(19)9-15(13)17/h3-7,9-10,20H,8H2,1-2H3,(H,21,22). The van der Waals surface area contributed by atoms with Crippen molar-refractivity contribution in [2.45, 2.75) is 20.3 Å². The van der Waals surface area contributed by atoms with Crippen molar-refractivity contribution in [2.24, 2.45) is 0 Å². The Morgan fingerprint density at radius 2 is 2.00 bits per heavy atom. The smallest absolute Gasteiger partial charge is 0.228 e. The highest BCUT2D eigenvalue weighted by Crippen LogP contribution is 2.23. The molecule has 0 unspecified atom stereocenters. The molecule has 3 rings (SSSR count). The van der Waals surface area contributed by atoms with Gasteiger partial charge in [0.05, 0.1) is 6.42 Å². The lowest BCUT2D eigenvalue weighted by Gasteiger charge is -2.09. The van der Waals surface area contributed by atoms with Crippen LogP contribution in [0.2, 0.25) is 5.02 Å². The second-order valence-corrected chi connectivity index (χ2v) is 5.98. The molecule has 0 aliphatic rings.